The Labute approximate surface area is 93.1 Å². The maximum atomic E-state index is 2.58. The third-order valence-corrected chi connectivity index (χ3v) is 3.69. The van der Waals surface area contributed by atoms with Crippen LogP contribution >= 0.6 is 0 Å². The highest BCUT2D eigenvalue weighted by Gasteiger charge is 2.24. The Balaban J connectivity index is 2.03. The van der Waals surface area contributed by atoms with E-state index in [4.69, 9.17) is 0 Å². The second-order valence-corrected chi connectivity index (χ2v) is 4.61. The van der Waals surface area contributed by atoms with Gasteiger partial charge in [-0.2, -0.15) is 0 Å². The van der Waals surface area contributed by atoms with Crippen molar-refractivity contribution in [3.05, 3.63) is 35.9 Å². The van der Waals surface area contributed by atoms with Crippen LogP contribution in [0.1, 0.15) is 38.2 Å². The summed E-state index contributed by atoms with van der Waals surface area (Å²) in [6.07, 6.45) is 2.64. The maximum Gasteiger partial charge on any atom is 0.00726 e. The molecule has 1 aliphatic heterocycles. The van der Waals surface area contributed by atoms with Gasteiger partial charge in [0.1, 0.15) is 0 Å². The standard InChI is InChI=1S/C14H21N/c1-3-15-10-9-14(11-12(15)2)13-7-5-4-6-8-13/h4-8,12,14H,3,9-11H2,1-2H3/t12-,14-/m1/s1. The molecule has 1 aliphatic rings. The molecule has 1 aromatic carbocycles. The molecule has 0 unspecified atom stereocenters. The van der Waals surface area contributed by atoms with Gasteiger partial charge in [0.15, 0.2) is 0 Å². The van der Waals surface area contributed by atoms with Gasteiger partial charge in [-0.25, -0.2) is 0 Å². The molecule has 1 saturated heterocycles. The molecule has 1 fully saturated rings. The molecule has 0 spiro atoms. The normalized spacial score (nSPS) is 27.9. The van der Waals surface area contributed by atoms with Gasteiger partial charge in [0.2, 0.25) is 0 Å². The fraction of sp³-hybridized carbons (Fsp3) is 0.571. The predicted octanol–water partition coefficient (Wildman–Crippen LogP) is 3.27. The smallest absolute Gasteiger partial charge is 0.00726 e. The van der Waals surface area contributed by atoms with Gasteiger partial charge in [0.05, 0.1) is 0 Å². The Morgan fingerprint density at radius 2 is 2.00 bits per heavy atom. The highest BCUT2D eigenvalue weighted by atomic mass is 15.1. The van der Waals surface area contributed by atoms with E-state index in [1.54, 1.807) is 0 Å². The minimum absolute atomic E-state index is 0.744. The van der Waals surface area contributed by atoms with Crippen molar-refractivity contribution >= 4 is 0 Å². The Hall–Kier alpha value is -0.820. The Morgan fingerprint density at radius 1 is 1.27 bits per heavy atom. The molecule has 1 aromatic rings. The highest BCUT2D eigenvalue weighted by Crippen LogP contribution is 2.30. The molecule has 1 heterocycles. The summed E-state index contributed by atoms with van der Waals surface area (Å²) in [6, 6.07) is 11.7. The molecule has 0 bridgehead atoms. The highest BCUT2D eigenvalue weighted by molar-refractivity contribution is 5.20. The number of hydrogen-bond acceptors (Lipinski definition) is 1. The third kappa shape index (κ3) is 2.40. The van der Waals surface area contributed by atoms with Crippen LogP contribution in [0.15, 0.2) is 30.3 Å². The summed E-state index contributed by atoms with van der Waals surface area (Å²) in [7, 11) is 0. The summed E-state index contributed by atoms with van der Waals surface area (Å²) in [6.45, 7) is 7.08. The van der Waals surface area contributed by atoms with Gasteiger partial charge in [-0.05, 0) is 44.3 Å². The number of rotatable bonds is 2. The molecular formula is C14H21N. The van der Waals surface area contributed by atoms with Crippen molar-refractivity contribution in [2.24, 2.45) is 0 Å². The molecule has 0 radical (unpaired) electrons. The van der Waals surface area contributed by atoms with Crippen molar-refractivity contribution in [1.29, 1.82) is 0 Å². The fourth-order valence-electron chi connectivity index (χ4n) is 2.72. The molecule has 2 atom stereocenters. The molecule has 0 saturated carbocycles. The van der Waals surface area contributed by atoms with Crippen molar-refractivity contribution in [2.45, 2.75) is 38.6 Å². The van der Waals surface area contributed by atoms with Crippen LogP contribution in [0.2, 0.25) is 0 Å². The van der Waals surface area contributed by atoms with E-state index in [2.05, 4.69) is 49.1 Å². The van der Waals surface area contributed by atoms with Gasteiger partial charge < -0.3 is 4.90 Å². The first-order valence-corrected chi connectivity index (χ1v) is 6.10. The third-order valence-electron chi connectivity index (χ3n) is 3.69. The van der Waals surface area contributed by atoms with E-state index in [0.717, 1.165) is 12.0 Å². The molecule has 82 valence electrons. The van der Waals surface area contributed by atoms with E-state index < -0.39 is 0 Å². The van der Waals surface area contributed by atoms with E-state index in [0.29, 0.717) is 0 Å². The van der Waals surface area contributed by atoms with Gasteiger partial charge in [-0.15, -0.1) is 0 Å². The van der Waals surface area contributed by atoms with Gasteiger partial charge in [0, 0.05) is 6.04 Å². The summed E-state index contributed by atoms with van der Waals surface area (Å²) in [5.74, 6) is 0.781. The Bertz CT molecular complexity index is 293. The van der Waals surface area contributed by atoms with Gasteiger partial charge in [0.25, 0.3) is 0 Å². The van der Waals surface area contributed by atoms with Crippen LogP contribution in [0, 0.1) is 0 Å². The van der Waals surface area contributed by atoms with Crippen LogP contribution < -0.4 is 0 Å². The second-order valence-electron chi connectivity index (χ2n) is 4.61. The lowest BCUT2D eigenvalue weighted by Crippen LogP contribution is -2.39. The fourth-order valence-corrected chi connectivity index (χ4v) is 2.72. The van der Waals surface area contributed by atoms with E-state index in [-0.39, 0.29) is 0 Å². The predicted molar refractivity (Wildman–Crippen MR) is 65.1 cm³/mol. The van der Waals surface area contributed by atoms with E-state index >= 15 is 0 Å². The van der Waals surface area contributed by atoms with Gasteiger partial charge in [-0.3, -0.25) is 0 Å². The Morgan fingerprint density at radius 3 is 2.60 bits per heavy atom. The topological polar surface area (TPSA) is 3.24 Å². The zero-order valence-corrected chi connectivity index (χ0v) is 9.82. The van der Waals surface area contributed by atoms with Crippen molar-refractivity contribution in [3.8, 4) is 0 Å². The minimum Gasteiger partial charge on any atom is -0.301 e. The molecule has 0 aromatic heterocycles. The zero-order chi connectivity index (χ0) is 10.7. The van der Waals surface area contributed by atoms with Crippen molar-refractivity contribution in [3.63, 3.8) is 0 Å². The van der Waals surface area contributed by atoms with Crippen LogP contribution in [0.3, 0.4) is 0 Å². The lowest BCUT2D eigenvalue weighted by atomic mass is 9.86. The quantitative estimate of drug-likeness (QED) is 0.713. The van der Waals surface area contributed by atoms with Crippen molar-refractivity contribution in [2.75, 3.05) is 13.1 Å². The summed E-state index contributed by atoms with van der Waals surface area (Å²) in [4.78, 5) is 2.58. The van der Waals surface area contributed by atoms with Crippen LogP contribution in [0.4, 0.5) is 0 Å². The first-order chi connectivity index (χ1) is 7.31. The number of likely N-dealkylation sites (tertiary alicyclic amines) is 1. The molecule has 0 amide bonds. The Kier molecular flexibility index (Phi) is 3.42. The first-order valence-electron chi connectivity index (χ1n) is 6.10. The summed E-state index contributed by atoms with van der Waals surface area (Å²) in [5, 5.41) is 0. The number of piperidine rings is 1. The molecule has 15 heavy (non-hydrogen) atoms. The summed E-state index contributed by atoms with van der Waals surface area (Å²) < 4.78 is 0. The van der Waals surface area contributed by atoms with E-state index in [1.807, 2.05) is 0 Å². The minimum atomic E-state index is 0.744. The zero-order valence-electron chi connectivity index (χ0n) is 9.82. The van der Waals surface area contributed by atoms with Crippen molar-refractivity contribution in [1.82, 2.24) is 4.90 Å². The van der Waals surface area contributed by atoms with Gasteiger partial charge >= 0.3 is 0 Å². The monoisotopic (exact) mass is 203 g/mol. The second kappa shape index (κ2) is 4.80. The molecule has 0 N–H and O–H groups in total. The van der Waals surface area contributed by atoms with Crippen LogP contribution in [0.5, 0.6) is 0 Å². The lowest BCUT2D eigenvalue weighted by Gasteiger charge is -2.37. The van der Waals surface area contributed by atoms with Gasteiger partial charge in [-0.1, -0.05) is 37.3 Å². The summed E-state index contributed by atoms with van der Waals surface area (Å²) in [5.41, 5.74) is 1.53. The molecule has 2 rings (SSSR count). The largest absolute Gasteiger partial charge is 0.301 e. The maximum absolute atomic E-state index is 2.58. The molecule has 1 heteroatoms. The number of nitrogens with zero attached hydrogens (tertiary/aromatic N) is 1. The average Bonchev–Trinajstić information content (AvgIpc) is 2.30. The molecule has 0 aliphatic carbocycles. The van der Waals surface area contributed by atoms with E-state index in [9.17, 15) is 0 Å². The van der Waals surface area contributed by atoms with E-state index in [1.165, 1.54) is 31.5 Å². The van der Waals surface area contributed by atoms with Crippen LogP contribution in [-0.2, 0) is 0 Å². The van der Waals surface area contributed by atoms with Crippen molar-refractivity contribution < 1.29 is 0 Å². The lowest BCUT2D eigenvalue weighted by molar-refractivity contribution is 0.154. The van der Waals surface area contributed by atoms with Crippen LogP contribution in [-0.4, -0.2) is 24.0 Å². The first kappa shape index (κ1) is 10.7. The SMILES string of the molecule is CCN1CC[C@@H](c2ccccc2)C[C@H]1C. The number of hydrogen-bond donors (Lipinski definition) is 0. The summed E-state index contributed by atoms with van der Waals surface area (Å²) >= 11 is 0. The molecule has 1 nitrogen and oxygen atoms in total. The number of benzene rings is 1. The average molecular weight is 203 g/mol. The van der Waals surface area contributed by atoms with Crippen LogP contribution in [0.25, 0.3) is 0 Å². The molecular weight excluding hydrogens is 182 g/mol.